The summed E-state index contributed by atoms with van der Waals surface area (Å²) in [5, 5.41) is 7.48. The standard InChI is InChI=1S/C7H4F2NO3P/c8-6-1-4(14(11,12)13)2-7(9)5(6)3-10/h1-2H,(H2,11,12,13). The molecule has 0 spiro atoms. The highest BCUT2D eigenvalue weighted by Gasteiger charge is 2.21. The molecule has 4 nitrogen and oxygen atoms in total. The Morgan fingerprint density at radius 3 is 2.00 bits per heavy atom. The molecule has 0 saturated heterocycles. The minimum atomic E-state index is -4.69. The second-order valence-corrected chi connectivity index (χ2v) is 4.04. The maximum absolute atomic E-state index is 12.8. The van der Waals surface area contributed by atoms with E-state index in [9.17, 15) is 13.3 Å². The molecule has 0 radical (unpaired) electrons. The Morgan fingerprint density at radius 1 is 1.29 bits per heavy atom. The Balaban J connectivity index is 3.45. The second-order valence-electron chi connectivity index (χ2n) is 2.44. The summed E-state index contributed by atoms with van der Waals surface area (Å²) in [7, 11) is -4.69. The molecule has 0 saturated carbocycles. The van der Waals surface area contributed by atoms with Crippen LogP contribution in [0.2, 0.25) is 0 Å². The van der Waals surface area contributed by atoms with Crippen LogP contribution in [0.15, 0.2) is 12.1 Å². The number of halogens is 2. The number of hydrogen-bond acceptors (Lipinski definition) is 2. The fourth-order valence-electron chi connectivity index (χ4n) is 0.835. The Bertz CT molecular complexity index is 439. The van der Waals surface area contributed by atoms with Crippen LogP contribution in [0.5, 0.6) is 0 Å². The van der Waals surface area contributed by atoms with Crippen molar-refractivity contribution in [2.75, 3.05) is 0 Å². The van der Waals surface area contributed by atoms with E-state index in [1.165, 1.54) is 6.07 Å². The van der Waals surface area contributed by atoms with Crippen molar-refractivity contribution in [2.24, 2.45) is 0 Å². The van der Waals surface area contributed by atoms with Gasteiger partial charge in [0.25, 0.3) is 0 Å². The molecule has 0 fully saturated rings. The van der Waals surface area contributed by atoms with E-state index in [-0.39, 0.29) is 0 Å². The monoisotopic (exact) mass is 219 g/mol. The molecule has 0 aliphatic rings. The molecule has 74 valence electrons. The van der Waals surface area contributed by atoms with Gasteiger partial charge in [-0.05, 0) is 12.1 Å². The van der Waals surface area contributed by atoms with Gasteiger partial charge in [-0.15, -0.1) is 0 Å². The van der Waals surface area contributed by atoms with Gasteiger partial charge in [-0.25, -0.2) is 8.78 Å². The normalized spacial score (nSPS) is 11.1. The SMILES string of the molecule is N#Cc1c(F)cc(P(=O)(O)O)cc1F. The maximum Gasteiger partial charge on any atom is 0.356 e. The van der Waals surface area contributed by atoms with Crippen molar-refractivity contribution in [2.45, 2.75) is 0 Å². The molecule has 1 aromatic carbocycles. The summed E-state index contributed by atoms with van der Waals surface area (Å²) in [5.41, 5.74) is -0.859. The van der Waals surface area contributed by atoms with E-state index in [4.69, 9.17) is 15.0 Å². The van der Waals surface area contributed by atoms with E-state index in [1.807, 2.05) is 0 Å². The third-order valence-electron chi connectivity index (χ3n) is 1.48. The summed E-state index contributed by atoms with van der Waals surface area (Å²) in [6.07, 6.45) is 0. The van der Waals surface area contributed by atoms with Gasteiger partial charge in [-0.2, -0.15) is 5.26 Å². The Labute approximate surface area is 77.6 Å². The van der Waals surface area contributed by atoms with Crippen molar-refractivity contribution in [1.82, 2.24) is 0 Å². The van der Waals surface area contributed by atoms with Gasteiger partial charge in [0.05, 0.1) is 5.30 Å². The number of nitrogens with zero attached hydrogens (tertiary/aromatic N) is 1. The van der Waals surface area contributed by atoms with Crippen molar-refractivity contribution in [3.05, 3.63) is 29.3 Å². The van der Waals surface area contributed by atoms with E-state index in [0.29, 0.717) is 12.1 Å². The van der Waals surface area contributed by atoms with Crippen molar-refractivity contribution < 1.29 is 23.1 Å². The predicted molar refractivity (Wildman–Crippen MR) is 42.8 cm³/mol. The minimum Gasteiger partial charge on any atom is -0.321 e. The van der Waals surface area contributed by atoms with Crippen molar-refractivity contribution in [3.8, 4) is 6.07 Å². The third-order valence-corrected chi connectivity index (χ3v) is 2.41. The lowest BCUT2D eigenvalue weighted by molar-refractivity contribution is 0.387. The van der Waals surface area contributed by atoms with Gasteiger partial charge in [0, 0.05) is 0 Å². The number of rotatable bonds is 1. The van der Waals surface area contributed by atoms with Gasteiger partial charge in [-0.1, -0.05) is 0 Å². The molecule has 0 unspecified atom stereocenters. The summed E-state index contributed by atoms with van der Waals surface area (Å²) >= 11 is 0. The van der Waals surface area contributed by atoms with Crippen LogP contribution in [0.3, 0.4) is 0 Å². The van der Waals surface area contributed by atoms with Crippen LogP contribution < -0.4 is 5.30 Å². The average molecular weight is 219 g/mol. The van der Waals surface area contributed by atoms with E-state index in [0.717, 1.165) is 0 Å². The summed E-state index contributed by atoms with van der Waals surface area (Å²) in [5.74, 6) is -2.57. The molecule has 2 N–H and O–H groups in total. The lowest BCUT2D eigenvalue weighted by Crippen LogP contribution is -2.08. The van der Waals surface area contributed by atoms with Gasteiger partial charge in [-0.3, -0.25) is 4.57 Å². The number of hydrogen-bond donors (Lipinski definition) is 2. The van der Waals surface area contributed by atoms with Crippen molar-refractivity contribution in [1.29, 1.82) is 5.26 Å². The molecule has 0 aliphatic carbocycles. The zero-order valence-corrected chi connectivity index (χ0v) is 7.50. The van der Waals surface area contributed by atoms with Crippen LogP contribution in [0, 0.1) is 23.0 Å². The van der Waals surface area contributed by atoms with Crippen LogP contribution in [0.25, 0.3) is 0 Å². The largest absolute Gasteiger partial charge is 0.356 e. The molecule has 14 heavy (non-hydrogen) atoms. The van der Waals surface area contributed by atoms with E-state index < -0.39 is 30.1 Å². The molecule has 0 bridgehead atoms. The Hall–Kier alpha value is -1.28. The first kappa shape index (κ1) is 10.8. The smallest absolute Gasteiger partial charge is 0.321 e. The molecule has 0 aliphatic heterocycles. The first-order valence-corrected chi connectivity index (χ1v) is 4.92. The van der Waals surface area contributed by atoms with Crippen LogP contribution >= 0.6 is 7.60 Å². The molecule has 0 heterocycles. The van der Waals surface area contributed by atoms with Crippen LogP contribution in [-0.4, -0.2) is 9.79 Å². The number of benzene rings is 1. The highest BCUT2D eigenvalue weighted by Crippen LogP contribution is 2.33. The summed E-state index contributed by atoms with van der Waals surface area (Å²) in [6.45, 7) is 0. The molecule has 1 aromatic rings. The van der Waals surface area contributed by atoms with Crippen molar-refractivity contribution >= 4 is 12.9 Å². The van der Waals surface area contributed by atoms with Crippen LogP contribution in [-0.2, 0) is 4.57 Å². The highest BCUT2D eigenvalue weighted by atomic mass is 31.2. The van der Waals surface area contributed by atoms with E-state index >= 15 is 0 Å². The molecule has 1 rings (SSSR count). The van der Waals surface area contributed by atoms with Crippen molar-refractivity contribution in [3.63, 3.8) is 0 Å². The molecular formula is C7H4F2NO3P. The molecule has 7 heteroatoms. The maximum atomic E-state index is 12.8. The fraction of sp³-hybridized carbons (Fsp3) is 0. The first-order chi connectivity index (χ1) is 6.36. The van der Waals surface area contributed by atoms with Gasteiger partial charge in [0.1, 0.15) is 23.3 Å². The summed E-state index contributed by atoms with van der Waals surface area (Å²) in [4.78, 5) is 17.2. The van der Waals surface area contributed by atoms with Crippen LogP contribution in [0.1, 0.15) is 5.56 Å². The Morgan fingerprint density at radius 2 is 1.71 bits per heavy atom. The van der Waals surface area contributed by atoms with Gasteiger partial charge < -0.3 is 9.79 Å². The molecule has 0 amide bonds. The topological polar surface area (TPSA) is 81.3 Å². The third kappa shape index (κ3) is 1.96. The van der Waals surface area contributed by atoms with Gasteiger partial charge in [0.15, 0.2) is 0 Å². The predicted octanol–water partition coefficient (Wildman–Crippen LogP) is 0.639. The van der Waals surface area contributed by atoms with Gasteiger partial charge in [0.2, 0.25) is 0 Å². The summed E-state index contributed by atoms with van der Waals surface area (Å²) in [6, 6.07) is 2.13. The van der Waals surface area contributed by atoms with E-state index in [1.54, 1.807) is 0 Å². The van der Waals surface area contributed by atoms with Crippen LogP contribution in [0.4, 0.5) is 8.78 Å². The zero-order valence-electron chi connectivity index (χ0n) is 6.61. The zero-order chi connectivity index (χ0) is 10.9. The first-order valence-electron chi connectivity index (χ1n) is 3.31. The second kappa shape index (κ2) is 3.46. The number of nitriles is 1. The lowest BCUT2D eigenvalue weighted by Gasteiger charge is -2.04. The molecule has 0 aromatic heterocycles. The fourth-order valence-corrected chi connectivity index (χ4v) is 1.40. The lowest BCUT2D eigenvalue weighted by atomic mass is 10.2. The van der Waals surface area contributed by atoms with E-state index in [2.05, 4.69) is 0 Å². The molecular weight excluding hydrogens is 215 g/mol. The Kier molecular flexibility index (Phi) is 2.67. The minimum absolute atomic E-state index is 0.447. The average Bonchev–Trinajstić information content (AvgIpc) is 2.01. The highest BCUT2D eigenvalue weighted by molar-refractivity contribution is 7.60. The molecule has 0 atom stereocenters. The quantitative estimate of drug-likeness (QED) is 0.679. The van der Waals surface area contributed by atoms with Gasteiger partial charge >= 0.3 is 7.60 Å². The summed E-state index contributed by atoms with van der Waals surface area (Å²) < 4.78 is 36.3.